The number of nitrogens with one attached hydrogen (secondary N) is 1. The summed E-state index contributed by atoms with van der Waals surface area (Å²) in [5, 5.41) is 26.3. The van der Waals surface area contributed by atoms with Gasteiger partial charge in [0, 0.05) is 42.9 Å². The topological polar surface area (TPSA) is 118 Å². The number of aliphatic hydroxyl groups excluding tert-OH is 1. The van der Waals surface area contributed by atoms with Gasteiger partial charge in [0.15, 0.2) is 0 Å². The van der Waals surface area contributed by atoms with Crippen molar-refractivity contribution in [2.45, 2.75) is 97.0 Å². The number of hydrogen-bond acceptors (Lipinski definition) is 6. The molecule has 1 aliphatic carbocycles. The summed E-state index contributed by atoms with van der Waals surface area (Å²) >= 11 is 0. The Morgan fingerprint density at radius 3 is 2.44 bits per heavy atom. The van der Waals surface area contributed by atoms with E-state index in [0.717, 1.165) is 24.1 Å². The molecular formula is C24H37N7O3. The van der Waals surface area contributed by atoms with E-state index in [0.29, 0.717) is 5.92 Å². The molecule has 10 nitrogen and oxygen atoms in total. The van der Waals surface area contributed by atoms with Crippen LogP contribution in [0.5, 0.6) is 0 Å². The molecule has 0 bridgehead atoms. The molecule has 1 saturated heterocycles. The number of β-amino-alcohol motifs (C(OH)–C–C–N with tert-alkyl or cyclic N) is 1. The van der Waals surface area contributed by atoms with E-state index in [1.807, 2.05) is 58.6 Å². The van der Waals surface area contributed by atoms with Gasteiger partial charge in [-0.05, 0) is 39.0 Å². The number of likely N-dealkylation sites (tertiary alicyclic amines) is 1. The Hall–Kier alpha value is -2.75. The number of aliphatic hydroxyl groups is 1. The van der Waals surface area contributed by atoms with Crippen molar-refractivity contribution in [3.8, 4) is 0 Å². The minimum atomic E-state index is -0.753. The minimum absolute atomic E-state index is 0.118. The fourth-order valence-corrected chi connectivity index (χ4v) is 4.58. The lowest BCUT2D eigenvalue weighted by molar-refractivity contribution is -0.144. The van der Waals surface area contributed by atoms with Gasteiger partial charge in [0.25, 0.3) is 0 Å². The fraction of sp³-hybridized carbons (Fsp3) is 0.708. The minimum Gasteiger partial charge on any atom is -0.391 e. The summed E-state index contributed by atoms with van der Waals surface area (Å²) in [6.07, 6.45) is 7.17. The molecule has 2 N–H and O–H groups in total. The molecule has 2 aliphatic rings. The molecule has 0 radical (unpaired) electrons. The van der Waals surface area contributed by atoms with Crippen molar-refractivity contribution in [3.63, 3.8) is 0 Å². The zero-order chi connectivity index (χ0) is 24.8. The maximum absolute atomic E-state index is 13.8. The maximum atomic E-state index is 13.8. The van der Waals surface area contributed by atoms with Gasteiger partial charge in [0.2, 0.25) is 11.8 Å². The van der Waals surface area contributed by atoms with Crippen molar-refractivity contribution in [1.82, 2.24) is 35.0 Å². The van der Waals surface area contributed by atoms with Crippen LogP contribution in [-0.2, 0) is 9.59 Å². The number of rotatable bonds is 7. The highest BCUT2D eigenvalue weighted by atomic mass is 16.3. The number of hydrogen-bond donors (Lipinski definition) is 2. The third kappa shape index (κ3) is 5.01. The monoisotopic (exact) mass is 471 g/mol. The lowest BCUT2D eigenvalue weighted by Gasteiger charge is -2.34. The first-order valence-electron chi connectivity index (χ1n) is 12.2. The fourth-order valence-electron chi connectivity index (χ4n) is 4.58. The second-order valence-corrected chi connectivity index (χ2v) is 11.1. The van der Waals surface area contributed by atoms with Gasteiger partial charge >= 0.3 is 0 Å². The van der Waals surface area contributed by atoms with Crippen LogP contribution < -0.4 is 5.32 Å². The number of nitrogens with zero attached hydrogens (tertiary/aromatic N) is 6. The molecule has 1 saturated carbocycles. The Labute approximate surface area is 200 Å². The average Bonchev–Trinajstić information content (AvgIpc) is 3.15. The van der Waals surface area contributed by atoms with E-state index < -0.39 is 23.6 Å². The molecule has 1 aliphatic heterocycles. The number of aromatic nitrogens is 5. The van der Waals surface area contributed by atoms with Gasteiger partial charge in [0.05, 0.1) is 24.0 Å². The molecule has 0 aromatic carbocycles. The van der Waals surface area contributed by atoms with Gasteiger partial charge in [-0.25, -0.2) is 4.68 Å². The normalized spacial score (nSPS) is 22.8. The molecule has 3 heterocycles. The average molecular weight is 472 g/mol. The van der Waals surface area contributed by atoms with Crippen LogP contribution >= 0.6 is 0 Å². The number of amides is 2. The Morgan fingerprint density at radius 2 is 1.85 bits per heavy atom. The Bertz CT molecular complexity index is 1030. The molecule has 0 spiro atoms. The van der Waals surface area contributed by atoms with Crippen molar-refractivity contribution >= 4 is 11.8 Å². The van der Waals surface area contributed by atoms with Crippen molar-refractivity contribution in [1.29, 1.82) is 0 Å². The summed E-state index contributed by atoms with van der Waals surface area (Å²) in [5.41, 5.74) is 1.34. The molecule has 34 heavy (non-hydrogen) atoms. The quantitative estimate of drug-likeness (QED) is 0.640. The molecular weight excluding hydrogens is 434 g/mol. The third-order valence-electron chi connectivity index (χ3n) is 6.72. The molecule has 4 atom stereocenters. The Balaban J connectivity index is 1.52. The number of carbonyl (C=O) groups excluding carboxylic acids is 2. The first-order valence-corrected chi connectivity index (χ1v) is 12.2. The summed E-state index contributed by atoms with van der Waals surface area (Å²) < 4.78 is 3.48. The van der Waals surface area contributed by atoms with Crippen LogP contribution in [0.15, 0.2) is 18.6 Å². The molecule has 2 aromatic heterocycles. The van der Waals surface area contributed by atoms with Gasteiger partial charge in [-0.15, -0.1) is 5.10 Å². The molecule has 4 rings (SSSR count). The van der Waals surface area contributed by atoms with Crippen molar-refractivity contribution in [3.05, 3.63) is 29.8 Å². The summed E-state index contributed by atoms with van der Waals surface area (Å²) in [7, 11) is 0. The predicted molar refractivity (Wildman–Crippen MR) is 126 cm³/mol. The highest BCUT2D eigenvalue weighted by Gasteiger charge is 2.45. The van der Waals surface area contributed by atoms with E-state index in [2.05, 4.69) is 20.7 Å². The maximum Gasteiger partial charge on any atom is 0.248 e. The summed E-state index contributed by atoms with van der Waals surface area (Å²) in [4.78, 5) is 28.6. The number of carbonyl (C=O) groups is 2. The van der Waals surface area contributed by atoms with E-state index in [1.54, 1.807) is 10.9 Å². The standard InChI is InChI=1S/C24H37N7O3/c1-14(2)30-11-17(10-25-30)15(3)26-22(33)20-9-18(32)12-29(20)23(34)21(24(4,5)6)31-13-19(27-28-31)16-7-8-16/h10-11,13-16,18,20-21,32H,7-9,12H2,1-6H3,(H,26,33)/t15?,18-,20+,21-/m1/s1. The zero-order valence-corrected chi connectivity index (χ0v) is 21.0. The van der Waals surface area contributed by atoms with Crippen LogP contribution in [0, 0.1) is 5.41 Å². The lowest BCUT2D eigenvalue weighted by atomic mass is 9.85. The molecule has 1 unspecified atom stereocenters. The molecule has 2 amide bonds. The molecule has 186 valence electrons. The van der Waals surface area contributed by atoms with Crippen LogP contribution in [0.1, 0.15) is 96.1 Å². The van der Waals surface area contributed by atoms with Crippen molar-refractivity contribution < 1.29 is 14.7 Å². The van der Waals surface area contributed by atoms with Crippen LogP contribution in [0.3, 0.4) is 0 Å². The van der Waals surface area contributed by atoms with E-state index in [4.69, 9.17) is 0 Å². The molecule has 2 aromatic rings. The second-order valence-electron chi connectivity index (χ2n) is 11.1. The van der Waals surface area contributed by atoms with E-state index in [-0.39, 0.29) is 36.9 Å². The highest BCUT2D eigenvalue weighted by molar-refractivity contribution is 5.90. The zero-order valence-electron chi connectivity index (χ0n) is 21.0. The highest BCUT2D eigenvalue weighted by Crippen LogP contribution is 2.40. The van der Waals surface area contributed by atoms with Gasteiger partial charge < -0.3 is 15.3 Å². The largest absolute Gasteiger partial charge is 0.391 e. The van der Waals surface area contributed by atoms with Crippen LogP contribution in [0.2, 0.25) is 0 Å². The van der Waals surface area contributed by atoms with Gasteiger partial charge in [-0.1, -0.05) is 26.0 Å². The predicted octanol–water partition coefficient (Wildman–Crippen LogP) is 2.36. The third-order valence-corrected chi connectivity index (χ3v) is 6.72. The SMILES string of the molecule is CC(NC(=O)[C@@H]1C[C@@H](O)CN1C(=O)[C@@H](n1cc(C2CC2)nn1)C(C)(C)C)c1cnn(C(C)C)c1. The van der Waals surface area contributed by atoms with E-state index >= 15 is 0 Å². The van der Waals surface area contributed by atoms with Crippen molar-refractivity contribution in [2.24, 2.45) is 5.41 Å². The molecule has 2 fully saturated rings. The Morgan fingerprint density at radius 1 is 1.15 bits per heavy atom. The van der Waals surface area contributed by atoms with Gasteiger partial charge in [-0.3, -0.25) is 14.3 Å². The van der Waals surface area contributed by atoms with Gasteiger partial charge in [0.1, 0.15) is 12.1 Å². The van der Waals surface area contributed by atoms with Gasteiger partial charge in [-0.2, -0.15) is 5.10 Å². The summed E-state index contributed by atoms with van der Waals surface area (Å²) in [5.74, 6) is -0.0745. The Kier molecular flexibility index (Phi) is 6.54. The van der Waals surface area contributed by atoms with Crippen LogP contribution in [0.4, 0.5) is 0 Å². The first-order chi connectivity index (χ1) is 16.0. The van der Waals surface area contributed by atoms with E-state index in [1.165, 1.54) is 4.90 Å². The summed E-state index contributed by atoms with van der Waals surface area (Å²) in [6.45, 7) is 12.0. The first kappa shape index (κ1) is 24.4. The summed E-state index contributed by atoms with van der Waals surface area (Å²) in [6, 6.07) is -1.43. The van der Waals surface area contributed by atoms with E-state index in [9.17, 15) is 14.7 Å². The van der Waals surface area contributed by atoms with Crippen LogP contribution in [0.25, 0.3) is 0 Å². The van der Waals surface area contributed by atoms with Crippen LogP contribution in [-0.4, -0.2) is 65.3 Å². The molecule has 10 heteroatoms. The van der Waals surface area contributed by atoms with Crippen molar-refractivity contribution in [2.75, 3.05) is 6.54 Å². The lowest BCUT2D eigenvalue weighted by Crippen LogP contribution is -2.50. The second kappa shape index (κ2) is 9.13. The smallest absolute Gasteiger partial charge is 0.248 e.